The van der Waals surface area contributed by atoms with E-state index in [1.165, 1.54) is 0 Å². The number of aromatic amines is 1. The van der Waals surface area contributed by atoms with Crippen LogP contribution in [0.4, 0.5) is 0 Å². The summed E-state index contributed by atoms with van der Waals surface area (Å²) in [5, 5.41) is 24.8. The van der Waals surface area contributed by atoms with Crippen LogP contribution in [-0.2, 0) is 30.4 Å². The first-order valence-corrected chi connectivity index (χ1v) is 12.7. The Kier molecular flexibility index (Phi) is 9.45. The van der Waals surface area contributed by atoms with Gasteiger partial charge < -0.3 is 36.5 Å². The van der Waals surface area contributed by atoms with Crippen molar-refractivity contribution in [3.8, 4) is 0 Å². The zero-order chi connectivity index (χ0) is 28.0. The van der Waals surface area contributed by atoms with E-state index in [4.69, 9.17) is 5.73 Å². The zero-order valence-electron chi connectivity index (χ0n) is 21.5. The number of rotatable bonds is 12. The third kappa shape index (κ3) is 6.88. The third-order valence-corrected chi connectivity index (χ3v) is 6.84. The molecule has 1 aliphatic heterocycles. The molecule has 0 aliphatic carbocycles. The Bertz CT molecular complexity index is 1190. The van der Waals surface area contributed by atoms with E-state index in [-0.39, 0.29) is 31.7 Å². The predicted octanol–water partition coefficient (Wildman–Crippen LogP) is 0.604. The third-order valence-electron chi connectivity index (χ3n) is 6.84. The summed E-state index contributed by atoms with van der Waals surface area (Å²) in [6.45, 7) is 3.73. The van der Waals surface area contributed by atoms with Crippen molar-refractivity contribution in [2.75, 3.05) is 6.54 Å². The van der Waals surface area contributed by atoms with Gasteiger partial charge in [0.1, 0.15) is 18.1 Å². The molecule has 1 aromatic carbocycles. The molecule has 3 amide bonds. The summed E-state index contributed by atoms with van der Waals surface area (Å²) in [4.78, 5) is 66.8. The highest BCUT2D eigenvalue weighted by Crippen LogP contribution is 2.21. The first-order chi connectivity index (χ1) is 18.0. The van der Waals surface area contributed by atoms with Crippen LogP contribution in [0.15, 0.2) is 30.5 Å². The number of para-hydroxylation sites is 1. The molecule has 12 nitrogen and oxygen atoms in total. The molecule has 1 aliphatic rings. The molecular weight excluding hydrogens is 494 g/mol. The van der Waals surface area contributed by atoms with Gasteiger partial charge in [-0.25, -0.2) is 4.79 Å². The normalized spacial score (nSPS) is 17.7. The average molecular weight is 530 g/mol. The van der Waals surface area contributed by atoms with E-state index in [0.29, 0.717) is 6.42 Å². The number of H-pyrrole nitrogens is 1. The number of carboxylic acids is 2. The topological polar surface area (TPSA) is 195 Å². The predicted molar refractivity (Wildman–Crippen MR) is 138 cm³/mol. The quantitative estimate of drug-likeness (QED) is 0.230. The Balaban J connectivity index is 1.86. The van der Waals surface area contributed by atoms with E-state index >= 15 is 0 Å². The van der Waals surface area contributed by atoms with Crippen molar-refractivity contribution >= 4 is 40.6 Å². The zero-order valence-corrected chi connectivity index (χ0v) is 21.5. The second-order valence-corrected chi connectivity index (χ2v) is 9.92. The van der Waals surface area contributed by atoms with Gasteiger partial charge in [0, 0.05) is 36.5 Å². The van der Waals surface area contributed by atoms with Crippen molar-refractivity contribution in [1.82, 2.24) is 20.5 Å². The molecule has 1 fully saturated rings. The summed E-state index contributed by atoms with van der Waals surface area (Å²) in [5.74, 6) is -4.43. The molecule has 4 unspecified atom stereocenters. The van der Waals surface area contributed by atoms with Gasteiger partial charge in [0.2, 0.25) is 17.7 Å². The lowest BCUT2D eigenvalue weighted by molar-refractivity contribution is -0.150. The maximum Gasteiger partial charge on any atom is 0.326 e. The molecular formula is C26H35N5O7. The van der Waals surface area contributed by atoms with Crippen LogP contribution in [0.25, 0.3) is 10.9 Å². The monoisotopic (exact) mass is 529 g/mol. The molecule has 206 valence electrons. The molecule has 0 spiro atoms. The van der Waals surface area contributed by atoms with Gasteiger partial charge in [-0.2, -0.15) is 0 Å². The number of fused-ring (bicyclic) bond motifs is 1. The Hall–Kier alpha value is -3.93. The van der Waals surface area contributed by atoms with Crippen molar-refractivity contribution < 1.29 is 34.2 Å². The van der Waals surface area contributed by atoms with Crippen molar-refractivity contribution in [3.05, 3.63) is 36.0 Å². The number of carbonyl (C=O) groups excluding carboxylic acids is 3. The fourth-order valence-electron chi connectivity index (χ4n) is 4.59. The number of hydrogen-bond donors (Lipinski definition) is 6. The van der Waals surface area contributed by atoms with Gasteiger partial charge in [-0.3, -0.25) is 19.2 Å². The van der Waals surface area contributed by atoms with Gasteiger partial charge in [-0.05, 0) is 36.8 Å². The summed E-state index contributed by atoms with van der Waals surface area (Å²) in [6.07, 6.45) is 1.91. The summed E-state index contributed by atoms with van der Waals surface area (Å²) >= 11 is 0. The number of carboxylic acid groups (broad SMARTS) is 2. The van der Waals surface area contributed by atoms with E-state index in [0.717, 1.165) is 21.4 Å². The fourth-order valence-corrected chi connectivity index (χ4v) is 4.59. The second kappa shape index (κ2) is 12.5. The lowest BCUT2D eigenvalue weighted by atomic mass is 10.0. The minimum Gasteiger partial charge on any atom is -0.481 e. The molecule has 4 atom stereocenters. The number of hydrogen-bond acceptors (Lipinski definition) is 6. The largest absolute Gasteiger partial charge is 0.481 e. The lowest BCUT2D eigenvalue weighted by Crippen LogP contribution is -2.58. The van der Waals surface area contributed by atoms with E-state index in [1.54, 1.807) is 20.0 Å². The molecule has 2 heterocycles. The van der Waals surface area contributed by atoms with Crippen LogP contribution in [0.5, 0.6) is 0 Å². The highest BCUT2D eigenvalue weighted by Gasteiger charge is 2.38. The maximum atomic E-state index is 13.5. The van der Waals surface area contributed by atoms with E-state index < -0.39 is 60.2 Å². The Morgan fingerprint density at radius 2 is 1.76 bits per heavy atom. The number of amides is 3. The van der Waals surface area contributed by atoms with Crippen LogP contribution < -0.4 is 16.4 Å². The highest BCUT2D eigenvalue weighted by molar-refractivity contribution is 5.95. The molecule has 1 saturated heterocycles. The van der Waals surface area contributed by atoms with Gasteiger partial charge in [0.05, 0.1) is 6.04 Å². The van der Waals surface area contributed by atoms with Gasteiger partial charge in [-0.15, -0.1) is 0 Å². The van der Waals surface area contributed by atoms with E-state index in [2.05, 4.69) is 15.6 Å². The molecule has 7 N–H and O–H groups in total. The second-order valence-electron chi connectivity index (χ2n) is 9.92. The fraction of sp³-hybridized carbons (Fsp3) is 0.500. The van der Waals surface area contributed by atoms with E-state index in [9.17, 15) is 34.2 Å². The number of nitrogens with zero attached hydrogens (tertiary/aromatic N) is 1. The number of nitrogens with one attached hydrogen (secondary N) is 3. The molecule has 0 radical (unpaired) electrons. The SMILES string of the molecule is CC(C)C(N)C(=O)NC(Cc1c[nH]c2ccccc12)C(=O)NC(CCC(=O)O)C(=O)N1CCCC1C(=O)O. The molecule has 12 heteroatoms. The standard InChI is InChI=1S/C26H35N5O7/c1-14(2)22(27)24(35)30-19(12-15-13-28-17-7-4-3-6-16(15)17)23(34)29-18(9-10-21(32)33)25(36)31-11-5-8-20(31)26(37)38/h3-4,6-7,13-14,18-20,22,28H,5,8-12,27H2,1-2H3,(H,29,34)(H,30,35)(H,32,33)(H,37,38). The minimum atomic E-state index is -1.28. The average Bonchev–Trinajstić information content (AvgIpc) is 3.52. The van der Waals surface area contributed by atoms with Crippen LogP contribution in [0.3, 0.4) is 0 Å². The summed E-state index contributed by atoms with van der Waals surface area (Å²) < 4.78 is 0. The minimum absolute atomic E-state index is 0.0771. The Morgan fingerprint density at radius 1 is 1.08 bits per heavy atom. The maximum absolute atomic E-state index is 13.5. The first kappa shape index (κ1) is 28.6. The van der Waals surface area contributed by atoms with Crippen molar-refractivity contribution in [1.29, 1.82) is 0 Å². The Labute approximate surface area is 219 Å². The van der Waals surface area contributed by atoms with Crippen molar-refractivity contribution in [3.63, 3.8) is 0 Å². The number of benzene rings is 1. The summed E-state index contributed by atoms with van der Waals surface area (Å²) in [6, 6.07) is 3.12. The Morgan fingerprint density at radius 3 is 2.42 bits per heavy atom. The summed E-state index contributed by atoms with van der Waals surface area (Å²) in [7, 11) is 0. The van der Waals surface area contributed by atoms with Crippen LogP contribution in [0, 0.1) is 5.92 Å². The van der Waals surface area contributed by atoms with Crippen LogP contribution in [-0.4, -0.2) is 80.5 Å². The first-order valence-electron chi connectivity index (χ1n) is 12.7. The number of likely N-dealkylation sites (tertiary alicyclic amines) is 1. The molecule has 2 aromatic rings. The molecule has 0 saturated carbocycles. The highest BCUT2D eigenvalue weighted by atomic mass is 16.4. The molecule has 1 aromatic heterocycles. The van der Waals surface area contributed by atoms with Crippen LogP contribution in [0.2, 0.25) is 0 Å². The van der Waals surface area contributed by atoms with Gasteiger partial charge in [0.15, 0.2) is 0 Å². The van der Waals surface area contributed by atoms with Gasteiger partial charge >= 0.3 is 11.9 Å². The number of aromatic nitrogens is 1. The van der Waals surface area contributed by atoms with Crippen LogP contribution in [0.1, 0.15) is 45.1 Å². The lowest BCUT2D eigenvalue weighted by Gasteiger charge is -2.29. The number of nitrogens with two attached hydrogens (primary N) is 1. The van der Waals surface area contributed by atoms with Crippen molar-refractivity contribution in [2.45, 2.75) is 70.1 Å². The molecule has 38 heavy (non-hydrogen) atoms. The van der Waals surface area contributed by atoms with E-state index in [1.807, 2.05) is 24.3 Å². The number of carbonyl (C=O) groups is 5. The summed E-state index contributed by atoms with van der Waals surface area (Å²) in [5.41, 5.74) is 7.59. The van der Waals surface area contributed by atoms with Gasteiger partial charge in [0.25, 0.3) is 0 Å². The smallest absolute Gasteiger partial charge is 0.326 e. The number of aliphatic carboxylic acids is 2. The van der Waals surface area contributed by atoms with Crippen LogP contribution >= 0.6 is 0 Å². The molecule has 3 rings (SSSR count). The van der Waals surface area contributed by atoms with Gasteiger partial charge in [-0.1, -0.05) is 32.0 Å². The van der Waals surface area contributed by atoms with Crippen molar-refractivity contribution in [2.24, 2.45) is 11.7 Å². The molecule has 0 bridgehead atoms.